The van der Waals surface area contributed by atoms with Crippen molar-refractivity contribution in [2.24, 2.45) is 0 Å². The van der Waals surface area contributed by atoms with Crippen molar-refractivity contribution in [2.75, 3.05) is 18.8 Å². The molecule has 0 aliphatic carbocycles. The lowest BCUT2D eigenvalue weighted by atomic mass is 9.76. The van der Waals surface area contributed by atoms with Crippen LogP contribution in [0.25, 0.3) is 11.0 Å². The molecule has 0 saturated carbocycles. The number of hydrogen-bond acceptors (Lipinski definition) is 7. The number of carbonyl (C=O) groups is 1. The Morgan fingerprint density at radius 2 is 2.15 bits per heavy atom. The normalized spacial score (nSPS) is 20.3. The van der Waals surface area contributed by atoms with Crippen LogP contribution in [-0.4, -0.2) is 61.5 Å². The van der Waals surface area contributed by atoms with E-state index in [1.165, 1.54) is 6.26 Å². The number of rotatable bonds is 7. The molecule has 8 nitrogen and oxygen atoms in total. The first kappa shape index (κ1) is 19.9. The molecule has 27 heavy (non-hydrogen) atoms. The number of carbonyl (C=O) groups excluding carboxylic acids is 1. The van der Waals surface area contributed by atoms with Crippen LogP contribution in [0, 0.1) is 0 Å². The lowest BCUT2D eigenvalue weighted by molar-refractivity contribution is -0.121. The number of hydrogen-bond donors (Lipinski definition) is 4. The molecule has 0 bridgehead atoms. The molecule has 1 fully saturated rings. The fourth-order valence-corrected chi connectivity index (χ4v) is 4.89. The molecule has 2 atom stereocenters. The van der Waals surface area contributed by atoms with Crippen molar-refractivity contribution in [3.8, 4) is 0 Å². The largest absolute Gasteiger partial charge is 0.475 e. The molecule has 1 amide bonds. The Morgan fingerprint density at radius 1 is 1.37 bits per heavy atom. The molecule has 3 rings (SSSR count). The standard InChI is InChI=1S/C17H23BN2O6S/c21-17(6-5-13-10-19-7-8-27(13,24)25)20-16(18(22)23)9-12-11-26-15-4-2-1-3-14(12)15/h1-4,11,13,16,19,22-23H,5-10H2,(H,20,21)/t13?,16-/m0/s1. The highest BCUT2D eigenvalue weighted by molar-refractivity contribution is 7.92. The molecule has 146 valence electrons. The Hall–Kier alpha value is -1.88. The van der Waals surface area contributed by atoms with Gasteiger partial charge >= 0.3 is 7.12 Å². The molecule has 0 spiro atoms. The highest BCUT2D eigenvalue weighted by atomic mass is 32.2. The molecular weight excluding hydrogens is 371 g/mol. The van der Waals surface area contributed by atoms with E-state index in [1.54, 1.807) is 6.07 Å². The minimum Gasteiger partial charge on any atom is -0.464 e. The number of para-hydroxylation sites is 1. The zero-order chi connectivity index (χ0) is 19.4. The van der Waals surface area contributed by atoms with E-state index in [2.05, 4.69) is 10.6 Å². The topological polar surface area (TPSA) is 129 Å². The summed E-state index contributed by atoms with van der Waals surface area (Å²) in [6, 6.07) is 7.35. The number of amides is 1. The second-order valence-electron chi connectivity index (χ2n) is 6.78. The van der Waals surface area contributed by atoms with Gasteiger partial charge in [-0.15, -0.1) is 0 Å². The van der Waals surface area contributed by atoms with Crippen LogP contribution in [0.1, 0.15) is 18.4 Å². The molecule has 1 saturated heterocycles. The van der Waals surface area contributed by atoms with Crippen molar-refractivity contribution >= 4 is 33.8 Å². The number of furan rings is 1. The predicted molar refractivity (Wildman–Crippen MR) is 102 cm³/mol. The predicted octanol–water partition coefficient (Wildman–Crippen LogP) is -0.361. The van der Waals surface area contributed by atoms with Gasteiger partial charge in [-0.05, 0) is 24.5 Å². The van der Waals surface area contributed by atoms with Crippen LogP contribution in [0.3, 0.4) is 0 Å². The van der Waals surface area contributed by atoms with Crippen LogP contribution in [0.15, 0.2) is 34.9 Å². The molecular formula is C17H23BN2O6S. The molecule has 4 N–H and O–H groups in total. The monoisotopic (exact) mass is 394 g/mol. The van der Waals surface area contributed by atoms with E-state index < -0.39 is 34.1 Å². The number of benzene rings is 1. The number of fused-ring (bicyclic) bond motifs is 1. The average molecular weight is 394 g/mol. The Kier molecular flexibility index (Phi) is 6.20. The maximum absolute atomic E-state index is 12.2. The molecule has 1 unspecified atom stereocenters. The van der Waals surface area contributed by atoms with Crippen LogP contribution in [-0.2, 0) is 21.1 Å². The van der Waals surface area contributed by atoms with Gasteiger partial charge in [0.15, 0.2) is 9.84 Å². The molecule has 10 heteroatoms. The van der Waals surface area contributed by atoms with Crippen LogP contribution < -0.4 is 10.6 Å². The average Bonchev–Trinajstić information content (AvgIpc) is 3.03. The van der Waals surface area contributed by atoms with Gasteiger partial charge in [-0.3, -0.25) is 4.79 Å². The molecule has 1 aliphatic rings. The maximum atomic E-state index is 12.2. The molecule has 2 heterocycles. The first-order chi connectivity index (χ1) is 12.9. The zero-order valence-electron chi connectivity index (χ0n) is 14.8. The van der Waals surface area contributed by atoms with Gasteiger partial charge in [-0.25, -0.2) is 8.42 Å². The SMILES string of the molecule is O=C(CCC1CNCCS1(=O)=O)N[C@@H](Cc1coc2ccccc12)B(O)O. The van der Waals surface area contributed by atoms with Gasteiger partial charge in [0.1, 0.15) is 5.58 Å². The second kappa shape index (κ2) is 8.43. The Bertz CT molecular complexity index is 898. The molecule has 1 aromatic heterocycles. The van der Waals surface area contributed by atoms with Crippen molar-refractivity contribution in [3.05, 3.63) is 36.1 Å². The minimum atomic E-state index is -3.18. The summed E-state index contributed by atoms with van der Waals surface area (Å²) < 4.78 is 29.4. The third-order valence-corrected chi connectivity index (χ3v) is 7.04. The quantitative estimate of drug-likeness (QED) is 0.472. The van der Waals surface area contributed by atoms with E-state index in [4.69, 9.17) is 4.42 Å². The van der Waals surface area contributed by atoms with Crippen molar-refractivity contribution in [3.63, 3.8) is 0 Å². The summed E-state index contributed by atoms with van der Waals surface area (Å²) >= 11 is 0. The van der Waals surface area contributed by atoms with E-state index in [9.17, 15) is 23.3 Å². The smallest absolute Gasteiger partial charge is 0.464 e. The van der Waals surface area contributed by atoms with Crippen LogP contribution in [0.2, 0.25) is 0 Å². The zero-order valence-corrected chi connectivity index (χ0v) is 15.6. The maximum Gasteiger partial charge on any atom is 0.475 e. The lowest BCUT2D eigenvalue weighted by Crippen LogP contribution is -2.48. The highest BCUT2D eigenvalue weighted by Crippen LogP contribution is 2.22. The summed E-state index contributed by atoms with van der Waals surface area (Å²) in [6.07, 6.45) is 1.92. The summed E-state index contributed by atoms with van der Waals surface area (Å²) in [5.41, 5.74) is 1.43. The third kappa shape index (κ3) is 4.89. The van der Waals surface area contributed by atoms with Gasteiger partial charge in [-0.2, -0.15) is 0 Å². The van der Waals surface area contributed by atoms with Gasteiger partial charge < -0.3 is 25.1 Å². The van der Waals surface area contributed by atoms with Crippen molar-refractivity contribution in [2.45, 2.75) is 30.5 Å². The molecule has 1 aromatic carbocycles. The minimum absolute atomic E-state index is 0.000924. The Labute approximate surface area is 158 Å². The lowest BCUT2D eigenvalue weighted by Gasteiger charge is -2.23. The van der Waals surface area contributed by atoms with E-state index in [-0.39, 0.29) is 25.0 Å². The number of sulfone groups is 1. The first-order valence-corrected chi connectivity index (χ1v) is 10.6. The summed E-state index contributed by atoms with van der Waals surface area (Å²) in [6.45, 7) is 0.769. The first-order valence-electron chi connectivity index (χ1n) is 8.90. The van der Waals surface area contributed by atoms with Crippen molar-refractivity contribution < 1.29 is 27.7 Å². The van der Waals surface area contributed by atoms with Crippen molar-refractivity contribution in [1.29, 1.82) is 0 Å². The van der Waals surface area contributed by atoms with Crippen LogP contribution >= 0.6 is 0 Å². The fraction of sp³-hybridized carbons (Fsp3) is 0.471. The van der Waals surface area contributed by atoms with Crippen LogP contribution in [0.5, 0.6) is 0 Å². The fourth-order valence-electron chi connectivity index (χ4n) is 3.28. The summed E-state index contributed by atoms with van der Waals surface area (Å²) in [4.78, 5) is 12.2. The van der Waals surface area contributed by atoms with Gasteiger partial charge in [-0.1, -0.05) is 18.2 Å². The van der Waals surface area contributed by atoms with Gasteiger partial charge in [0.2, 0.25) is 5.91 Å². The highest BCUT2D eigenvalue weighted by Gasteiger charge is 2.30. The van der Waals surface area contributed by atoms with E-state index in [0.29, 0.717) is 18.7 Å². The van der Waals surface area contributed by atoms with Crippen LogP contribution in [0.4, 0.5) is 0 Å². The molecule has 0 radical (unpaired) electrons. The summed E-state index contributed by atoms with van der Waals surface area (Å²) in [7, 11) is -4.93. The van der Waals surface area contributed by atoms with E-state index in [1.807, 2.05) is 18.2 Å². The van der Waals surface area contributed by atoms with E-state index >= 15 is 0 Å². The molecule has 1 aliphatic heterocycles. The van der Waals surface area contributed by atoms with Gasteiger partial charge in [0.05, 0.1) is 23.2 Å². The Balaban J connectivity index is 1.60. The summed E-state index contributed by atoms with van der Waals surface area (Å²) in [5.74, 6) is -1.26. The Morgan fingerprint density at radius 3 is 2.89 bits per heavy atom. The van der Waals surface area contributed by atoms with E-state index in [0.717, 1.165) is 10.9 Å². The van der Waals surface area contributed by atoms with Crippen molar-refractivity contribution in [1.82, 2.24) is 10.6 Å². The van der Waals surface area contributed by atoms with Gasteiger partial charge in [0.25, 0.3) is 0 Å². The second-order valence-corrected chi connectivity index (χ2v) is 9.18. The number of nitrogens with one attached hydrogen (secondary N) is 2. The third-order valence-electron chi connectivity index (χ3n) is 4.84. The molecule has 2 aromatic rings. The summed E-state index contributed by atoms with van der Waals surface area (Å²) in [5, 5.41) is 25.1. The van der Waals surface area contributed by atoms with Gasteiger partial charge in [0, 0.05) is 24.9 Å².